The smallest absolute Gasteiger partial charge is 0.133 e. The van der Waals surface area contributed by atoms with Crippen LogP contribution in [0.4, 0.5) is 0 Å². The van der Waals surface area contributed by atoms with Crippen molar-refractivity contribution in [1.82, 2.24) is 0 Å². The molecule has 3 nitrogen and oxygen atoms in total. The number of ketones is 1. The van der Waals surface area contributed by atoms with Gasteiger partial charge < -0.3 is 5.11 Å². The fourth-order valence-electron chi connectivity index (χ4n) is 8.30. The van der Waals surface area contributed by atoms with Crippen molar-refractivity contribution in [2.45, 2.75) is 90.6 Å². The van der Waals surface area contributed by atoms with E-state index in [2.05, 4.69) is 19.9 Å². The molecule has 0 amide bonds. The highest BCUT2D eigenvalue weighted by Crippen LogP contribution is 2.68. The number of fused-ring (bicyclic) bond motifs is 5. The van der Waals surface area contributed by atoms with Crippen molar-refractivity contribution < 1.29 is 9.90 Å². The summed E-state index contributed by atoms with van der Waals surface area (Å²) >= 11 is 0. The summed E-state index contributed by atoms with van der Waals surface area (Å²) in [5, 5.41) is 19.9. The van der Waals surface area contributed by atoms with Gasteiger partial charge in [0, 0.05) is 5.92 Å². The summed E-state index contributed by atoms with van der Waals surface area (Å²) in [6.45, 7) is 6.70. The Hall–Kier alpha value is -0.880. The molecule has 4 aliphatic carbocycles. The Morgan fingerprint density at radius 2 is 1.77 bits per heavy atom. The van der Waals surface area contributed by atoms with Crippen LogP contribution in [0.25, 0.3) is 0 Å². The van der Waals surface area contributed by atoms with E-state index in [1.54, 1.807) is 6.92 Å². The van der Waals surface area contributed by atoms with Gasteiger partial charge in [0.2, 0.25) is 0 Å². The second kappa shape index (κ2) is 6.06. The molecule has 3 unspecified atom stereocenters. The number of carbonyl (C=O) groups excluding carboxylic acids is 1. The second-order valence-electron chi connectivity index (χ2n) is 10.7. The van der Waals surface area contributed by atoms with Gasteiger partial charge in [0.05, 0.1) is 18.1 Å². The van der Waals surface area contributed by atoms with E-state index in [0.717, 1.165) is 37.5 Å². The van der Waals surface area contributed by atoms with Crippen LogP contribution >= 0.6 is 0 Å². The molecule has 26 heavy (non-hydrogen) atoms. The van der Waals surface area contributed by atoms with Crippen molar-refractivity contribution in [3.05, 3.63) is 0 Å². The third-order valence-electron chi connectivity index (χ3n) is 9.72. The lowest BCUT2D eigenvalue weighted by Gasteiger charge is -2.62. The quantitative estimate of drug-likeness (QED) is 0.766. The largest absolute Gasteiger partial charge is 0.389 e. The summed E-state index contributed by atoms with van der Waals surface area (Å²) < 4.78 is 0. The van der Waals surface area contributed by atoms with E-state index in [0.29, 0.717) is 23.0 Å². The van der Waals surface area contributed by atoms with Gasteiger partial charge in [-0.1, -0.05) is 13.8 Å². The molecule has 0 aliphatic heterocycles. The average molecular weight is 358 g/mol. The zero-order valence-corrected chi connectivity index (χ0v) is 16.8. The number of carbonyl (C=O) groups is 1. The third-order valence-corrected chi connectivity index (χ3v) is 9.72. The first-order chi connectivity index (χ1) is 12.2. The molecular weight excluding hydrogens is 322 g/mol. The molecule has 0 heterocycles. The van der Waals surface area contributed by atoms with Crippen molar-refractivity contribution in [2.75, 3.05) is 0 Å². The number of Topliss-reactive ketones (excluding diaryl/α,β-unsaturated/α-hetero) is 1. The monoisotopic (exact) mass is 357 g/mol. The lowest BCUT2D eigenvalue weighted by Crippen LogP contribution is -2.56. The van der Waals surface area contributed by atoms with Gasteiger partial charge in [-0.3, -0.25) is 4.79 Å². The minimum absolute atomic E-state index is 0.229. The molecule has 0 spiro atoms. The highest BCUT2D eigenvalue weighted by atomic mass is 16.3. The number of hydrogen-bond donors (Lipinski definition) is 1. The summed E-state index contributed by atoms with van der Waals surface area (Å²) in [4.78, 5) is 12.2. The molecule has 0 radical (unpaired) electrons. The van der Waals surface area contributed by atoms with E-state index in [4.69, 9.17) is 5.26 Å². The van der Waals surface area contributed by atoms with Gasteiger partial charge in [-0.15, -0.1) is 0 Å². The zero-order valence-electron chi connectivity index (χ0n) is 16.8. The van der Waals surface area contributed by atoms with E-state index < -0.39 is 5.60 Å². The minimum atomic E-state index is -0.748. The lowest BCUT2D eigenvalue weighted by molar-refractivity contribution is -0.152. The SMILES string of the molecule is CC(=O)[C@H]1CCC2C3CC[C@H]4C[C@@](O)(CC#N)CC[C@]4(C)C3CC[C@@]21C. The molecule has 0 saturated heterocycles. The number of nitriles is 1. The van der Waals surface area contributed by atoms with Gasteiger partial charge >= 0.3 is 0 Å². The predicted molar refractivity (Wildman–Crippen MR) is 101 cm³/mol. The summed E-state index contributed by atoms with van der Waals surface area (Å²) in [5.74, 6) is 3.48. The molecule has 0 aromatic rings. The van der Waals surface area contributed by atoms with Crippen LogP contribution in [0, 0.1) is 51.8 Å². The van der Waals surface area contributed by atoms with Crippen molar-refractivity contribution in [2.24, 2.45) is 40.4 Å². The van der Waals surface area contributed by atoms with Gasteiger partial charge in [-0.25, -0.2) is 0 Å². The first kappa shape index (κ1) is 18.5. The number of hydrogen-bond acceptors (Lipinski definition) is 3. The van der Waals surface area contributed by atoms with Crippen LogP contribution in [-0.4, -0.2) is 16.5 Å². The number of aliphatic hydroxyl groups is 1. The highest BCUT2D eigenvalue weighted by molar-refractivity contribution is 5.79. The first-order valence-electron chi connectivity index (χ1n) is 10.8. The molecule has 3 heteroatoms. The van der Waals surface area contributed by atoms with Gasteiger partial charge in [-0.2, -0.15) is 5.26 Å². The topological polar surface area (TPSA) is 61.1 Å². The fraction of sp³-hybridized carbons (Fsp3) is 0.913. The maximum absolute atomic E-state index is 12.2. The van der Waals surface area contributed by atoms with Crippen molar-refractivity contribution >= 4 is 5.78 Å². The Kier molecular flexibility index (Phi) is 4.31. The average Bonchev–Trinajstić information content (AvgIpc) is 2.93. The van der Waals surface area contributed by atoms with Crippen LogP contribution in [0.1, 0.15) is 85.0 Å². The second-order valence-corrected chi connectivity index (χ2v) is 10.7. The zero-order chi connectivity index (χ0) is 18.7. The number of nitrogens with zero attached hydrogens (tertiary/aromatic N) is 1. The third kappa shape index (κ3) is 2.51. The van der Waals surface area contributed by atoms with Gasteiger partial charge in [0.25, 0.3) is 0 Å². The van der Waals surface area contributed by atoms with E-state index in [-0.39, 0.29) is 17.8 Å². The molecule has 4 fully saturated rings. The van der Waals surface area contributed by atoms with E-state index in [1.807, 2.05) is 0 Å². The highest BCUT2D eigenvalue weighted by Gasteiger charge is 2.61. The lowest BCUT2D eigenvalue weighted by atomic mass is 9.43. The molecule has 1 N–H and O–H groups in total. The molecule has 4 saturated carbocycles. The summed E-state index contributed by atoms with van der Waals surface area (Å²) in [6.07, 6.45) is 10.2. The van der Waals surface area contributed by atoms with E-state index in [9.17, 15) is 9.90 Å². The Bertz CT molecular complexity index is 639. The molecule has 0 aromatic heterocycles. The van der Waals surface area contributed by atoms with Gasteiger partial charge in [-0.05, 0) is 99.2 Å². The van der Waals surface area contributed by atoms with Crippen LogP contribution < -0.4 is 0 Å². The van der Waals surface area contributed by atoms with Crippen LogP contribution in [0.3, 0.4) is 0 Å². The van der Waals surface area contributed by atoms with Crippen LogP contribution in [0.5, 0.6) is 0 Å². The van der Waals surface area contributed by atoms with Gasteiger partial charge in [0.15, 0.2) is 0 Å². The summed E-state index contributed by atoms with van der Waals surface area (Å²) in [7, 11) is 0. The minimum Gasteiger partial charge on any atom is -0.389 e. The number of rotatable bonds is 2. The molecule has 4 rings (SSSR count). The van der Waals surface area contributed by atoms with Crippen molar-refractivity contribution in [3.63, 3.8) is 0 Å². The normalized spacial score (nSPS) is 53.1. The fourth-order valence-corrected chi connectivity index (χ4v) is 8.30. The molecule has 144 valence electrons. The maximum atomic E-state index is 12.2. The first-order valence-corrected chi connectivity index (χ1v) is 10.8. The Morgan fingerprint density at radius 3 is 2.46 bits per heavy atom. The Morgan fingerprint density at radius 1 is 1.04 bits per heavy atom. The van der Waals surface area contributed by atoms with Gasteiger partial charge in [0.1, 0.15) is 5.78 Å². The predicted octanol–water partition coefficient (Wildman–Crippen LogP) is 4.88. The summed E-state index contributed by atoms with van der Waals surface area (Å²) in [5.41, 5.74) is -0.200. The Labute approximate surface area is 158 Å². The molecule has 0 aromatic carbocycles. The summed E-state index contributed by atoms with van der Waals surface area (Å²) in [6, 6.07) is 2.21. The van der Waals surface area contributed by atoms with Crippen molar-refractivity contribution in [1.29, 1.82) is 5.26 Å². The molecule has 4 aliphatic rings. The van der Waals surface area contributed by atoms with Crippen molar-refractivity contribution in [3.8, 4) is 6.07 Å². The standard InChI is InChI=1S/C23H35NO2/c1-15(25)18-6-7-19-17-5-4-16-14-23(26,12-13-24)11-10-21(16,2)20(17)8-9-22(18,19)3/h16-20,26H,4-12,14H2,1-3H3/t16-,17?,18+,19?,20?,21-,22+,23-/m0/s1. The molecule has 8 atom stereocenters. The molecule has 0 bridgehead atoms. The van der Waals surface area contributed by atoms with E-state index in [1.165, 1.54) is 32.1 Å². The van der Waals surface area contributed by atoms with Crippen LogP contribution in [0.2, 0.25) is 0 Å². The Balaban J connectivity index is 1.58. The van der Waals surface area contributed by atoms with Crippen LogP contribution in [0.15, 0.2) is 0 Å². The molecular formula is C23H35NO2. The van der Waals surface area contributed by atoms with E-state index >= 15 is 0 Å². The maximum Gasteiger partial charge on any atom is 0.133 e. The van der Waals surface area contributed by atoms with Crippen LogP contribution in [-0.2, 0) is 4.79 Å².